The first kappa shape index (κ1) is 10.2. The van der Waals surface area contributed by atoms with E-state index in [1.165, 1.54) is 6.92 Å². The molecule has 0 aromatic carbocycles. The van der Waals surface area contributed by atoms with Crippen LogP contribution in [0.2, 0.25) is 0 Å². The summed E-state index contributed by atoms with van der Waals surface area (Å²) in [7, 11) is 0. The van der Waals surface area contributed by atoms with Crippen LogP contribution in [-0.2, 0) is 19.1 Å². The van der Waals surface area contributed by atoms with Gasteiger partial charge in [0.05, 0.1) is 0 Å². The standard InChI is InChI=1S/C15H13NO4/c1-4(17)19-15-10-6-2-5-7-8(6)12(15)11(7)14(3-16,9(5)10)20-13(15)18/h5-12H,2H2,1H3/t5-,6-,7+,8+,9+,10-,11+,12+,14-,15+/m0/s1. The molecule has 7 fully saturated rings. The summed E-state index contributed by atoms with van der Waals surface area (Å²) in [6.07, 6.45) is 1.10. The van der Waals surface area contributed by atoms with Gasteiger partial charge < -0.3 is 9.47 Å². The van der Waals surface area contributed by atoms with E-state index < -0.39 is 23.1 Å². The Labute approximate surface area is 115 Å². The van der Waals surface area contributed by atoms with Crippen molar-refractivity contribution in [2.45, 2.75) is 24.5 Å². The Hall–Kier alpha value is -1.57. The van der Waals surface area contributed by atoms with Crippen LogP contribution in [0.25, 0.3) is 0 Å². The molecule has 10 atom stereocenters. The van der Waals surface area contributed by atoms with Gasteiger partial charge in [-0.3, -0.25) is 4.79 Å². The summed E-state index contributed by atoms with van der Waals surface area (Å²) in [5.41, 5.74) is -1.94. The van der Waals surface area contributed by atoms with Crippen molar-refractivity contribution in [2.24, 2.45) is 47.3 Å². The number of ether oxygens (including phenoxy) is 2. The van der Waals surface area contributed by atoms with Crippen LogP contribution in [0.3, 0.4) is 0 Å². The smallest absolute Gasteiger partial charge is 0.352 e. The molecule has 0 aromatic rings. The zero-order valence-corrected chi connectivity index (χ0v) is 10.9. The lowest BCUT2D eigenvalue weighted by Gasteiger charge is -2.60. The van der Waals surface area contributed by atoms with Crippen LogP contribution >= 0.6 is 0 Å². The first-order valence-electron chi connectivity index (χ1n) is 7.42. The maximum atomic E-state index is 12.6. The van der Waals surface area contributed by atoms with Gasteiger partial charge in [0.2, 0.25) is 11.2 Å². The topological polar surface area (TPSA) is 76.4 Å². The first-order chi connectivity index (χ1) is 9.58. The number of fused-ring (bicyclic) bond motifs is 1. The highest BCUT2D eigenvalue weighted by molar-refractivity contribution is 5.89. The third-order valence-electron chi connectivity index (χ3n) is 7.55. The summed E-state index contributed by atoms with van der Waals surface area (Å²) in [6, 6.07) is 2.36. The van der Waals surface area contributed by atoms with E-state index in [0.29, 0.717) is 23.7 Å². The second-order valence-corrected chi connectivity index (χ2v) is 7.50. The number of esters is 2. The average Bonchev–Trinajstić information content (AvgIpc) is 2.89. The second kappa shape index (κ2) is 2.38. The fourth-order valence-electron chi connectivity index (χ4n) is 7.80. The molecule has 5 heteroatoms. The normalized spacial score (nSPS) is 68.1. The van der Waals surface area contributed by atoms with E-state index in [4.69, 9.17) is 9.47 Å². The van der Waals surface area contributed by atoms with Crippen molar-refractivity contribution in [3.63, 3.8) is 0 Å². The number of nitriles is 1. The van der Waals surface area contributed by atoms with Crippen molar-refractivity contribution in [1.29, 1.82) is 5.26 Å². The molecule has 102 valence electrons. The molecule has 7 rings (SSSR count). The van der Waals surface area contributed by atoms with Gasteiger partial charge in [0.15, 0.2) is 0 Å². The van der Waals surface area contributed by atoms with Gasteiger partial charge in [-0.1, -0.05) is 0 Å². The second-order valence-electron chi connectivity index (χ2n) is 7.50. The molecule has 0 N–H and O–H groups in total. The fourth-order valence-corrected chi connectivity index (χ4v) is 7.80. The van der Waals surface area contributed by atoms with Gasteiger partial charge in [0.25, 0.3) is 0 Å². The summed E-state index contributed by atoms with van der Waals surface area (Å²) in [5, 5.41) is 9.71. The van der Waals surface area contributed by atoms with Crippen molar-refractivity contribution in [1.82, 2.24) is 0 Å². The number of rotatable bonds is 1. The van der Waals surface area contributed by atoms with E-state index in [0.717, 1.165) is 6.42 Å². The monoisotopic (exact) mass is 271 g/mol. The molecule has 2 heterocycles. The maximum absolute atomic E-state index is 12.6. The zero-order chi connectivity index (χ0) is 13.6. The number of nitrogens with zero attached hydrogens (tertiary/aromatic N) is 1. The van der Waals surface area contributed by atoms with Crippen LogP contribution < -0.4 is 0 Å². The van der Waals surface area contributed by atoms with Gasteiger partial charge in [0.1, 0.15) is 6.07 Å². The van der Waals surface area contributed by atoms with Crippen molar-refractivity contribution in [3.05, 3.63) is 0 Å². The Balaban J connectivity index is 1.66. The van der Waals surface area contributed by atoms with Crippen LogP contribution in [0.15, 0.2) is 0 Å². The van der Waals surface area contributed by atoms with Crippen LogP contribution in [0.4, 0.5) is 0 Å². The van der Waals surface area contributed by atoms with E-state index in [1.807, 2.05) is 0 Å². The predicted molar refractivity (Wildman–Crippen MR) is 61.5 cm³/mol. The SMILES string of the molecule is CC(=O)O[C@@]12C(=O)O[C@]3(C#N)[C@@H]4[C@@H]5[C@@H]6C[C@@H]([C@H]5[C@H]41)[C@H]2[C@@H]63. The number of hydrogen-bond donors (Lipinski definition) is 0. The molecule has 2 saturated heterocycles. The lowest BCUT2D eigenvalue weighted by atomic mass is 9.50. The Kier molecular flexibility index (Phi) is 1.22. The van der Waals surface area contributed by atoms with Crippen LogP contribution in [0.5, 0.6) is 0 Å². The van der Waals surface area contributed by atoms with Gasteiger partial charge in [0, 0.05) is 30.6 Å². The van der Waals surface area contributed by atoms with Crippen molar-refractivity contribution >= 4 is 11.9 Å². The third kappa shape index (κ3) is 0.590. The molecule has 5 saturated carbocycles. The summed E-state index contributed by atoms with van der Waals surface area (Å²) in [6.45, 7) is 1.36. The summed E-state index contributed by atoms with van der Waals surface area (Å²) >= 11 is 0. The largest absolute Gasteiger partial charge is 0.447 e. The molecular formula is C15H13NO4. The van der Waals surface area contributed by atoms with Gasteiger partial charge in [-0.2, -0.15) is 5.26 Å². The van der Waals surface area contributed by atoms with E-state index in [2.05, 4.69) is 6.07 Å². The molecule has 2 aliphatic heterocycles. The fraction of sp³-hybridized carbons (Fsp3) is 0.800. The Morgan fingerprint density at radius 1 is 1.30 bits per heavy atom. The molecule has 5 aliphatic carbocycles. The van der Waals surface area contributed by atoms with E-state index in [1.54, 1.807) is 0 Å². The Morgan fingerprint density at radius 2 is 2.00 bits per heavy atom. The molecule has 0 amide bonds. The van der Waals surface area contributed by atoms with Crippen LogP contribution in [0, 0.1) is 58.7 Å². The lowest BCUT2D eigenvalue weighted by molar-refractivity contribution is -0.275. The Bertz CT molecular complexity index is 667. The predicted octanol–water partition coefficient (Wildman–Crippen LogP) is 0.495. The number of carbonyl (C=O) groups is 2. The lowest BCUT2D eigenvalue weighted by Crippen LogP contribution is -2.74. The van der Waals surface area contributed by atoms with Crippen LogP contribution in [0.1, 0.15) is 13.3 Å². The summed E-state index contributed by atoms with van der Waals surface area (Å²) in [5.74, 6) is 1.50. The zero-order valence-electron chi connectivity index (χ0n) is 10.9. The van der Waals surface area contributed by atoms with E-state index >= 15 is 0 Å². The van der Waals surface area contributed by atoms with Crippen molar-refractivity contribution in [3.8, 4) is 6.07 Å². The third-order valence-corrected chi connectivity index (χ3v) is 7.55. The van der Waals surface area contributed by atoms with Crippen molar-refractivity contribution < 1.29 is 19.1 Å². The number of hydrogen-bond acceptors (Lipinski definition) is 5. The highest BCUT2D eigenvalue weighted by Gasteiger charge is 2.97. The quantitative estimate of drug-likeness (QED) is 0.649. The first-order valence-corrected chi connectivity index (χ1v) is 7.42. The van der Waals surface area contributed by atoms with E-state index in [-0.39, 0.29) is 23.7 Å². The maximum Gasteiger partial charge on any atom is 0.352 e. The molecule has 7 aliphatic rings. The highest BCUT2D eigenvalue weighted by Crippen LogP contribution is 2.90. The van der Waals surface area contributed by atoms with Gasteiger partial charge in [-0.15, -0.1) is 0 Å². The Morgan fingerprint density at radius 3 is 2.70 bits per heavy atom. The minimum atomic E-state index is -1.04. The highest BCUT2D eigenvalue weighted by atomic mass is 16.6. The molecule has 0 radical (unpaired) electrons. The average molecular weight is 271 g/mol. The molecule has 20 heavy (non-hydrogen) atoms. The van der Waals surface area contributed by atoms with Crippen LogP contribution in [-0.4, -0.2) is 23.1 Å². The summed E-state index contributed by atoms with van der Waals surface area (Å²) in [4.78, 5) is 24.2. The molecule has 0 aromatic heterocycles. The van der Waals surface area contributed by atoms with E-state index in [9.17, 15) is 14.9 Å². The molecule has 4 bridgehead atoms. The molecule has 0 unspecified atom stereocenters. The van der Waals surface area contributed by atoms with Crippen molar-refractivity contribution in [2.75, 3.05) is 0 Å². The molecule has 0 spiro atoms. The van der Waals surface area contributed by atoms with Gasteiger partial charge >= 0.3 is 11.9 Å². The molecule has 5 nitrogen and oxygen atoms in total. The summed E-state index contributed by atoms with van der Waals surface area (Å²) < 4.78 is 11.3. The minimum absolute atomic E-state index is 0.0438. The van der Waals surface area contributed by atoms with Gasteiger partial charge in [-0.05, 0) is 30.1 Å². The van der Waals surface area contributed by atoms with Gasteiger partial charge in [-0.25, -0.2) is 4.79 Å². The molecular weight excluding hydrogens is 258 g/mol. The minimum Gasteiger partial charge on any atom is -0.447 e. The number of carbonyl (C=O) groups excluding carboxylic acids is 2.